The lowest BCUT2D eigenvalue weighted by atomic mass is 9.52. The maximum absolute atomic E-state index is 10.2. The van der Waals surface area contributed by atoms with Crippen LogP contribution in [0.5, 0.6) is 0 Å². The Hall–Kier alpha value is -1.36. The lowest BCUT2D eigenvalue weighted by Crippen LogP contribution is -2.67. The number of fused-ring (bicyclic) bond motifs is 6. The zero-order valence-corrected chi connectivity index (χ0v) is 14.6. The lowest BCUT2D eigenvalue weighted by Gasteiger charge is -2.59. The average Bonchev–Trinajstić information content (AvgIpc) is 2.92. The van der Waals surface area contributed by atoms with Gasteiger partial charge in [-0.15, -0.1) is 0 Å². The molecule has 2 heterocycles. The Kier molecular flexibility index (Phi) is 3.94. The van der Waals surface area contributed by atoms with E-state index in [1.54, 1.807) is 0 Å². The molecule has 5 atom stereocenters. The summed E-state index contributed by atoms with van der Waals surface area (Å²) in [6.45, 7) is 3.53. The van der Waals surface area contributed by atoms with E-state index in [-0.39, 0.29) is 36.6 Å². The smallest absolute Gasteiger partial charge is 0.0484 e. The zero-order chi connectivity index (χ0) is 16.9. The van der Waals surface area contributed by atoms with Gasteiger partial charge in [-0.3, -0.25) is 4.90 Å². The number of anilines is 1. The molecule has 4 rings (SSSR count). The van der Waals surface area contributed by atoms with Gasteiger partial charge in [0, 0.05) is 42.3 Å². The third-order valence-electron chi connectivity index (χ3n) is 6.77. The monoisotopic (exact) mass is 328 g/mol. The number of likely N-dealkylation sites (tertiary alicyclic amines) is 1. The molecule has 1 saturated carbocycles. The van der Waals surface area contributed by atoms with E-state index in [1.807, 2.05) is 0 Å². The van der Waals surface area contributed by atoms with Gasteiger partial charge in [-0.1, -0.05) is 29.8 Å². The second-order valence-electron chi connectivity index (χ2n) is 7.59. The molecule has 24 heavy (non-hydrogen) atoms. The van der Waals surface area contributed by atoms with Crippen molar-refractivity contribution in [3.05, 3.63) is 41.5 Å². The van der Waals surface area contributed by atoms with Crippen molar-refractivity contribution < 1.29 is 10.2 Å². The SMILES string of the molecule is C/C=C1\C2CCN(C)C1C1(CCO)c3ccccc3NC1C2CO. The topological polar surface area (TPSA) is 55.7 Å². The summed E-state index contributed by atoms with van der Waals surface area (Å²) in [4.78, 5) is 2.46. The van der Waals surface area contributed by atoms with Crippen LogP contribution < -0.4 is 5.32 Å². The van der Waals surface area contributed by atoms with Gasteiger partial charge in [0.15, 0.2) is 0 Å². The van der Waals surface area contributed by atoms with Gasteiger partial charge in [-0.25, -0.2) is 0 Å². The molecule has 1 aromatic carbocycles. The third kappa shape index (κ3) is 1.91. The zero-order valence-electron chi connectivity index (χ0n) is 14.6. The Labute approximate surface area is 144 Å². The summed E-state index contributed by atoms with van der Waals surface area (Å²) in [6.07, 6.45) is 4.09. The van der Waals surface area contributed by atoms with E-state index in [2.05, 4.69) is 54.5 Å². The molecule has 5 unspecified atom stereocenters. The van der Waals surface area contributed by atoms with E-state index in [0.717, 1.165) is 19.4 Å². The molecule has 2 aliphatic heterocycles. The number of nitrogens with zero attached hydrogens (tertiary/aromatic N) is 1. The number of piperidine rings is 1. The molecule has 130 valence electrons. The van der Waals surface area contributed by atoms with Crippen molar-refractivity contribution in [3.8, 4) is 0 Å². The van der Waals surface area contributed by atoms with Gasteiger partial charge in [0.2, 0.25) is 0 Å². The molecule has 1 saturated heterocycles. The van der Waals surface area contributed by atoms with E-state index in [0.29, 0.717) is 5.92 Å². The molecule has 4 nitrogen and oxygen atoms in total. The van der Waals surface area contributed by atoms with E-state index < -0.39 is 0 Å². The van der Waals surface area contributed by atoms with Crippen molar-refractivity contribution in [2.24, 2.45) is 11.8 Å². The van der Waals surface area contributed by atoms with E-state index in [1.165, 1.54) is 16.8 Å². The number of aliphatic hydroxyl groups is 2. The fourth-order valence-electron chi connectivity index (χ4n) is 5.98. The van der Waals surface area contributed by atoms with Crippen LogP contribution in [0.25, 0.3) is 0 Å². The predicted molar refractivity (Wildman–Crippen MR) is 96.1 cm³/mol. The highest BCUT2D eigenvalue weighted by molar-refractivity contribution is 5.65. The van der Waals surface area contributed by atoms with Crippen LogP contribution in [0.4, 0.5) is 5.69 Å². The molecule has 3 aliphatic rings. The number of para-hydroxylation sites is 1. The standard InChI is InChI=1S/C20H28N2O2/c1-3-13-14-8-10-22(2)19(13)20(9-11-23)16-6-4-5-7-17(16)21-18(20)15(14)12-24/h3-7,14-15,18-19,21,23-24H,8-12H2,1-2H3/b13-3+. The molecule has 2 bridgehead atoms. The maximum Gasteiger partial charge on any atom is 0.0484 e. The fraction of sp³-hybridized carbons (Fsp3) is 0.600. The summed E-state index contributed by atoms with van der Waals surface area (Å²) in [5.41, 5.74) is 3.75. The molecule has 0 spiro atoms. The lowest BCUT2D eigenvalue weighted by molar-refractivity contribution is 0.00373. The van der Waals surface area contributed by atoms with Crippen LogP contribution in [0.15, 0.2) is 35.9 Å². The molecule has 0 aromatic heterocycles. The maximum atomic E-state index is 10.2. The van der Waals surface area contributed by atoms with Crippen LogP contribution in [-0.4, -0.2) is 54.0 Å². The van der Waals surface area contributed by atoms with Gasteiger partial charge in [0.1, 0.15) is 0 Å². The highest BCUT2D eigenvalue weighted by atomic mass is 16.3. The highest BCUT2D eigenvalue weighted by Crippen LogP contribution is 2.58. The van der Waals surface area contributed by atoms with Crippen LogP contribution in [0.2, 0.25) is 0 Å². The minimum Gasteiger partial charge on any atom is -0.396 e. The minimum absolute atomic E-state index is 0.163. The molecule has 2 fully saturated rings. The largest absolute Gasteiger partial charge is 0.396 e. The third-order valence-corrected chi connectivity index (χ3v) is 6.77. The van der Waals surface area contributed by atoms with Gasteiger partial charge in [0.05, 0.1) is 0 Å². The van der Waals surface area contributed by atoms with Gasteiger partial charge in [-0.05, 0) is 50.9 Å². The summed E-state index contributed by atoms with van der Waals surface area (Å²) in [6, 6.07) is 8.98. The first-order valence-corrected chi connectivity index (χ1v) is 9.13. The fourth-order valence-corrected chi connectivity index (χ4v) is 5.98. The Balaban J connectivity index is 1.97. The molecule has 4 heteroatoms. The normalized spacial score (nSPS) is 39.4. The van der Waals surface area contributed by atoms with Crippen molar-refractivity contribution in [1.82, 2.24) is 4.90 Å². The van der Waals surface area contributed by atoms with Gasteiger partial charge in [-0.2, -0.15) is 0 Å². The second-order valence-corrected chi connectivity index (χ2v) is 7.59. The van der Waals surface area contributed by atoms with Crippen LogP contribution in [0.3, 0.4) is 0 Å². The first kappa shape index (κ1) is 16.1. The van der Waals surface area contributed by atoms with Crippen molar-refractivity contribution in [3.63, 3.8) is 0 Å². The molecular formula is C20H28N2O2. The molecular weight excluding hydrogens is 300 g/mol. The van der Waals surface area contributed by atoms with Crippen LogP contribution in [0, 0.1) is 11.8 Å². The van der Waals surface area contributed by atoms with Crippen molar-refractivity contribution >= 4 is 5.69 Å². The van der Waals surface area contributed by atoms with Crippen LogP contribution >= 0.6 is 0 Å². The summed E-state index contributed by atoms with van der Waals surface area (Å²) in [7, 11) is 2.21. The predicted octanol–water partition coefficient (Wildman–Crippen LogP) is 1.99. The summed E-state index contributed by atoms with van der Waals surface area (Å²) < 4.78 is 0. The van der Waals surface area contributed by atoms with Gasteiger partial charge >= 0.3 is 0 Å². The summed E-state index contributed by atoms with van der Waals surface area (Å²) >= 11 is 0. The second kappa shape index (κ2) is 5.87. The van der Waals surface area contributed by atoms with Gasteiger partial charge in [0.25, 0.3) is 0 Å². The van der Waals surface area contributed by atoms with Crippen molar-refractivity contribution in [2.75, 3.05) is 32.1 Å². The molecule has 1 aliphatic carbocycles. The number of aliphatic hydroxyl groups excluding tert-OH is 2. The Morgan fingerprint density at radius 1 is 1.33 bits per heavy atom. The quantitative estimate of drug-likeness (QED) is 0.743. The highest BCUT2D eigenvalue weighted by Gasteiger charge is 2.62. The summed E-state index contributed by atoms with van der Waals surface area (Å²) in [5, 5.41) is 23.9. The van der Waals surface area contributed by atoms with E-state index in [9.17, 15) is 10.2 Å². The number of rotatable bonds is 3. The molecule has 0 radical (unpaired) electrons. The summed E-state index contributed by atoms with van der Waals surface area (Å²) in [5.74, 6) is 0.625. The van der Waals surface area contributed by atoms with E-state index >= 15 is 0 Å². The Bertz CT molecular complexity index is 659. The average molecular weight is 328 g/mol. The van der Waals surface area contributed by atoms with Crippen molar-refractivity contribution in [1.29, 1.82) is 0 Å². The van der Waals surface area contributed by atoms with E-state index in [4.69, 9.17) is 0 Å². The number of nitrogens with one attached hydrogen (secondary N) is 1. The molecule has 0 amide bonds. The van der Waals surface area contributed by atoms with Crippen molar-refractivity contribution in [2.45, 2.75) is 37.3 Å². The molecule has 1 aromatic rings. The van der Waals surface area contributed by atoms with Crippen LogP contribution in [0.1, 0.15) is 25.3 Å². The molecule has 3 N–H and O–H groups in total. The number of hydrogen-bond donors (Lipinski definition) is 3. The van der Waals surface area contributed by atoms with Crippen LogP contribution in [-0.2, 0) is 5.41 Å². The first-order chi connectivity index (χ1) is 11.7. The van der Waals surface area contributed by atoms with Gasteiger partial charge < -0.3 is 15.5 Å². The minimum atomic E-state index is -0.174. The Morgan fingerprint density at radius 3 is 2.83 bits per heavy atom. The first-order valence-electron chi connectivity index (χ1n) is 9.13. The Morgan fingerprint density at radius 2 is 2.12 bits per heavy atom. The number of allylic oxidation sites excluding steroid dienone is 1. The number of likely N-dealkylation sites (N-methyl/N-ethyl adjacent to an activating group) is 1. The number of hydrogen-bond acceptors (Lipinski definition) is 4. The number of benzene rings is 1.